The van der Waals surface area contributed by atoms with Gasteiger partial charge in [-0.1, -0.05) is 19.9 Å². The molecule has 0 aliphatic heterocycles. The molecule has 1 aromatic rings. The minimum atomic E-state index is 0.725. The van der Waals surface area contributed by atoms with Crippen molar-refractivity contribution in [2.24, 2.45) is 11.8 Å². The van der Waals surface area contributed by atoms with E-state index in [0.717, 1.165) is 42.3 Å². The van der Waals surface area contributed by atoms with E-state index in [-0.39, 0.29) is 0 Å². The van der Waals surface area contributed by atoms with Crippen LogP contribution in [0.2, 0.25) is 0 Å². The first-order chi connectivity index (χ1) is 9.63. The Kier molecular flexibility index (Phi) is 5.30. The molecule has 3 nitrogen and oxygen atoms in total. The highest BCUT2D eigenvalue weighted by Crippen LogP contribution is 2.33. The van der Waals surface area contributed by atoms with Gasteiger partial charge in [0, 0.05) is 6.04 Å². The second-order valence-corrected chi connectivity index (χ2v) is 6.07. The summed E-state index contributed by atoms with van der Waals surface area (Å²) in [6, 6.07) is 6.88. The molecule has 1 aliphatic rings. The van der Waals surface area contributed by atoms with E-state index in [4.69, 9.17) is 9.47 Å². The Labute approximate surface area is 122 Å². The van der Waals surface area contributed by atoms with Crippen molar-refractivity contribution >= 4 is 0 Å². The summed E-state index contributed by atoms with van der Waals surface area (Å²) in [5.74, 6) is 3.36. The molecule has 1 aliphatic carbocycles. The Bertz CT molecular complexity index is 425. The molecule has 0 atom stereocenters. The highest BCUT2D eigenvalue weighted by atomic mass is 16.5. The third-order valence-corrected chi connectivity index (χ3v) is 4.41. The van der Waals surface area contributed by atoms with E-state index >= 15 is 0 Å². The second-order valence-electron chi connectivity index (χ2n) is 6.07. The van der Waals surface area contributed by atoms with Crippen LogP contribution in [0.4, 0.5) is 0 Å². The van der Waals surface area contributed by atoms with Gasteiger partial charge in [0.2, 0.25) is 0 Å². The van der Waals surface area contributed by atoms with Gasteiger partial charge in [0.1, 0.15) is 0 Å². The monoisotopic (exact) mass is 277 g/mol. The van der Waals surface area contributed by atoms with Gasteiger partial charge in [-0.15, -0.1) is 0 Å². The first kappa shape index (κ1) is 15.2. The van der Waals surface area contributed by atoms with Crippen LogP contribution in [0.15, 0.2) is 18.2 Å². The molecular formula is C17H27NO2. The SMILES string of the molecule is COc1ccc(CCNC2CC(C(C)C)C2)cc1OC. The number of methoxy groups -OCH3 is 2. The predicted octanol–water partition coefficient (Wildman–Crippen LogP) is 3.27. The smallest absolute Gasteiger partial charge is 0.160 e. The van der Waals surface area contributed by atoms with Crippen molar-refractivity contribution in [2.45, 2.75) is 39.2 Å². The zero-order chi connectivity index (χ0) is 14.5. The molecule has 0 bridgehead atoms. The average molecular weight is 277 g/mol. The molecule has 0 spiro atoms. The van der Waals surface area contributed by atoms with E-state index in [0.29, 0.717) is 0 Å². The molecule has 1 fully saturated rings. The summed E-state index contributed by atoms with van der Waals surface area (Å²) in [6.45, 7) is 5.68. The highest BCUT2D eigenvalue weighted by Gasteiger charge is 2.30. The minimum Gasteiger partial charge on any atom is -0.493 e. The van der Waals surface area contributed by atoms with Crippen molar-refractivity contribution in [3.05, 3.63) is 23.8 Å². The van der Waals surface area contributed by atoms with Gasteiger partial charge in [-0.05, 0) is 55.3 Å². The predicted molar refractivity (Wildman–Crippen MR) is 82.6 cm³/mol. The molecule has 0 saturated heterocycles. The van der Waals surface area contributed by atoms with E-state index in [1.165, 1.54) is 18.4 Å². The van der Waals surface area contributed by atoms with E-state index < -0.39 is 0 Å². The molecule has 1 N–H and O–H groups in total. The molecule has 2 rings (SSSR count). The molecule has 112 valence electrons. The van der Waals surface area contributed by atoms with Gasteiger partial charge in [0.05, 0.1) is 14.2 Å². The zero-order valence-electron chi connectivity index (χ0n) is 13.1. The molecule has 1 aromatic carbocycles. The largest absolute Gasteiger partial charge is 0.493 e. The first-order valence-corrected chi connectivity index (χ1v) is 7.58. The van der Waals surface area contributed by atoms with Crippen LogP contribution in [-0.2, 0) is 6.42 Å². The molecule has 0 heterocycles. The molecule has 3 heteroatoms. The van der Waals surface area contributed by atoms with Gasteiger partial charge in [-0.2, -0.15) is 0 Å². The lowest BCUT2D eigenvalue weighted by molar-refractivity contribution is 0.169. The third kappa shape index (κ3) is 3.66. The fraction of sp³-hybridized carbons (Fsp3) is 0.647. The van der Waals surface area contributed by atoms with Crippen LogP contribution in [-0.4, -0.2) is 26.8 Å². The number of benzene rings is 1. The quantitative estimate of drug-likeness (QED) is 0.829. The van der Waals surface area contributed by atoms with Crippen LogP contribution >= 0.6 is 0 Å². The van der Waals surface area contributed by atoms with Crippen LogP contribution in [0.25, 0.3) is 0 Å². The fourth-order valence-corrected chi connectivity index (χ4v) is 2.83. The topological polar surface area (TPSA) is 30.5 Å². The van der Waals surface area contributed by atoms with Crippen molar-refractivity contribution in [2.75, 3.05) is 20.8 Å². The summed E-state index contributed by atoms with van der Waals surface area (Å²) < 4.78 is 10.6. The Morgan fingerprint density at radius 1 is 1.15 bits per heavy atom. The van der Waals surface area contributed by atoms with Crippen molar-refractivity contribution in [1.82, 2.24) is 5.32 Å². The van der Waals surface area contributed by atoms with Crippen LogP contribution < -0.4 is 14.8 Å². The van der Waals surface area contributed by atoms with Crippen LogP contribution in [0, 0.1) is 11.8 Å². The summed E-state index contributed by atoms with van der Waals surface area (Å²) in [4.78, 5) is 0. The molecule has 0 unspecified atom stereocenters. The van der Waals surface area contributed by atoms with E-state index in [1.54, 1.807) is 14.2 Å². The zero-order valence-corrected chi connectivity index (χ0v) is 13.1. The van der Waals surface area contributed by atoms with Crippen molar-refractivity contribution in [1.29, 1.82) is 0 Å². The number of rotatable bonds is 7. The maximum atomic E-state index is 5.33. The molecular weight excluding hydrogens is 250 g/mol. The molecule has 0 amide bonds. The Morgan fingerprint density at radius 3 is 2.45 bits per heavy atom. The second kappa shape index (κ2) is 6.98. The summed E-state index contributed by atoms with van der Waals surface area (Å²) >= 11 is 0. The Hall–Kier alpha value is -1.22. The van der Waals surface area contributed by atoms with Crippen LogP contribution in [0.5, 0.6) is 11.5 Å². The van der Waals surface area contributed by atoms with E-state index in [1.807, 2.05) is 6.07 Å². The summed E-state index contributed by atoms with van der Waals surface area (Å²) in [5.41, 5.74) is 1.29. The number of hydrogen-bond acceptors (Lipinski definition) is 3. The van der Waals surface area contributed by atoms with Crippen molar-refractivity contribution in [3.63, 3.8) is 0 Å². The first-order valence-electron chi connectivity index (χ1n) is 7.58. The number of ether oxygens (including phenoxy) is 2. The Balaban J connectivity index is 1.75. The van der Waals surface area contributed by atoms with Gasteiger partial charge in [0.15, 0.2) is 11.5 Å². The maximum absolute atomic E-state index is 5.33. The fourth-order valence-electron chi connectivity index (χ4n) is 2.83. The molecule has 0 radical (unpaired) electrons. The highest BCUT2D eigenvalue weighted by molar-refractivity contribution is 5.42. The lowest BCUT2D eigenvalue weighted by Gasteiger charge is -2.38. The van der Waals surface area contributed by atoms with Crippen LogP contribution in [0.3, 0.4) is 0 Å². The van der Waals surface area contributed by atoms with Gasteiger partial charge in [-0.25, -0.2) is 0 Å². The summed E-state index contributed by atoms with van der Waals surface area (Å²) in [6.07, 6.45) is 3.70. The van der Waals surface area contributed by atoms with Gasteiger partial charge >= 0.3 is 0 Å². The maximum Gasteiger partial charge on any atom is 0.160 e. The average Bonchev–Trinajstić information content (AvgIpc) is 2.40. The minimum absolute atomic E-state index is 0.725. The molecule has 20 heavy (non-hydrogen) atoms. The number of hydrogen-bond donors (Lipinski definition) is 1. The lowest BCUT2D eigenvalue weighted by atomic mass is 9.73. The summed E-state index contributed by atoms with van der Waals surface area (Å²) in [5, 5.41) is 3.65. The Morgan fingerprint density at radius 2 is 1.85 bits per heavy atom. The summed E-state index contributed by atoms with van der Waals surface area (Å²) in [7, 11) is 3.35. The van der Waals surface area contributed by atoms with E-state index in [2.05, 4.69) is 31.3 Å². The van der Waals surface area contributed by atoms with Gasteiger partial charge in [-0.3, -0.25) is 0 Å². The lowest BCUT2D eigenvalue weighted by Crippen LogP contribution is -2.43. The van der Waals surface area contributed by atoms with Gasteiger partial charge in [0.25, 0.3) is 0 Å². The van der Waals surface area contributed by atoms with Crippen molar-refractivity contribution in [3.8, 4) is 11.5 Å². The van der Waals surface area contributed by atoms with E-state index in [9.17, 15) is 0 Å². The third-order valence-electron chi connectivity index (χ3n) is 4.41. The number of nitrogens with one attached hydrogen (secondary N) is 1. The van der Waals surface area contributed by atoms with Gasteiger partial charge < -0.3 is 14.8 Å². The normalized spacial score (nSPS) is 21.6. The molecule has 1 saturated carbocycles. The van der Waals surface area contributed by atoms with Crippen LogP contribution in [0.1, 0.15) is 32.3 Å². The van der Waals surface area contributed by atoms with Crippen molar-refractivity contribution < 1.29 is 9.47 Å². The molecule has 0 aromatic heterocycles. The standard InChI is InChI=1S/C17H27NO2/c1-12(2)14-10-15(11-14)18-8-7-13-5-6-16(19-3)17(9-13)20-4/h5-6,9,12,14-15,18H,7-8,10-11H2,1-4H3.